The van der Waals surface area contributed by atoms with Crippen molar-refractivity contribution in [1.29, 1.82) is 0 Å². The van der Waals surface area contributed by atoms with E-state index in [1.54, 1.807) is 23.5 Å². The largest absolute Gasteiger partial charge is 0.389 e. The summed E-state index contributed by atoms with van der Waals surface area (Å²) in [6, 6.07) is 12.7. The first kappa shape index (κ1) is 21.8. The normalized spacial score (nSPS) is 14.4. The minimum Gasteiger partial charge on any atom is -0.389 e. The summed E-state index contributed by atoms with van der Waals surface area (Å²) < 4.78 is 5.79. The minimum absolute atomic E-state index is 0. The SMILES string of the molecule is CCCC(N)C(O)COC(Cc1cccs1)C(=O)c1ccccc1.Cl. The Morgan fingerprint density at radius 3 is 2.56 bits per heavy atom. The van der Waals surface area contributed by atoms with Crippen LogP contribution < -0.4 is 5.73 Å². The number of hydrogen-bond donors (Lipinski definition) is 2. The van der Waals surface area contributed by atoms with Crippen molar-refractivity contribution in [3.63, 3.8) is 0 Å². The Morgan fingerprint density at radius 1 is 1.24 bits per heavy atom. The number of ether oxygens (including phenoxy) is 1. The predicted molar refractivity (Wildman–Crippen MR) is 105 cm³/mol. The molecule has 4 nitrogen and oxygen atoms in total. The summed E-state index contributed by atoms with van der Waals surface area (Å²) in [6.07, 6.45) is 0.752. The van der Waals surface area contributed by atoms with Crippen molar-refractivity contribution in [2.45, 2.75) is 44.4 Å². The molecule has 0 fully saturated rings. The van der Waals surface area contributed by atoms with Gasteiger partial charge in [0.25, 0.3) is 0 Å². The Labute approximate surface area is 159 Å². The summed E-state index contributed by atoms with van der Waals surface area (Å²) in [7, 11) is 0. The molecule has 0 aliphatic rings. The molecule has 3 N–H and O–H groups in total. The number of halogens is 1. The Balaban J connectivity index is 0.00000312. The number of benzene rings is 1. The third-order valence-corrected chi connectivity index (χ3v) is 4.80. The molecule has 138 valence electrons. The van der Waals surface area contributed by atoms with Crippen LogP contribution in [0, 0.1) is 0 Å². The number of aliphatic hydroxyl groups is 1. The van der Waals surface area contributed by atoms with Crippen LogP contribution in [-0.2, 0) is 11.2 Å². The second-order valence-corrected chi connectivity index (χ2v) is 6.89. The van der Waals surface area contributed by atoms with Crippen LogP contribution in [0.4, 0.5) is 0 Å². The zero-order chi connectivity index (χ0) is 17.4. The van der Waals surface area contributed by atoms with Crippen molar-refractivity contribution in [3.8, 4) is 0 Å². The molecule has 3 unspecified atom stereocenters. The van der Waals surface area contributed by atoms with Crippen molar-refractivity contribution in [2.24, 2.45) is 5.73 Å². The van der Waals surface area contributed by atoms with Crippen LogP contribution in [0.3, 0.4) is 0 Å². The van der Waals surface area contributed by atoms with Gasteiger partial charge in [0.05, 0.1) is 12.7 Å². The molecule has 1 aromatic carbocycles. The van der Waals surface area contributed by atoms with Crippen LogP contribution in [0.2, 0.25) is 0 Å². The van der Waals surface area contributed by atoms with E-state index >= 15 is 0 Å². The lowest BCUT2D eigenvalue weighted by atomic mass is 10.0. The Hall–Kier alpha value is -1.24. The van der Waals surface area contributed by atoms with E-state index in [9.17, 15) is 9.90 Å². The van der Waals surface area contributed by atoms with Crippen LogP contribution >= 0.6 is 23.7 Å². The molecule has 1 heterocycles. The first-order valence-corrected chi connectivity index (χ1v) is 9.16. The van der Waals surface area contributed by atoms with Crippen molar-refractivity contribution < 1.29 is 14.6 Å². The first-order chi connectivity index (χ1) is 11.6. The summed E-state index contributed by atoms with van der Waals surface area (Å²) >= 11 is 1.59. The molecule has 2 rings (SSSR count). The van der Waals surface area contributed by atoms with Gasteiger partial charge in [-0.2, -0.15) is 0 Å². The number of hydrogen-bond acceptors (Lipinski definition) is 5. The Bertz CT molecular complexity index is 606. The average Bonchev–Trinajstić information content (AvgIpc) is 3.11. The summed E-state index contributed by atoms with van der Waals surface area (Å²) in [5.41, 5.74) is 6.54. The standard InChI is InChI=1S/C19H25NO3S.ClH/c1-2-7-16(20)17(21)13-23-18(12-15-10-6-11-24-15)19(22)14-8-4-3-5-9-14;/h3-6,8-11,16-18,21H,2,7,12-13,20H2,1H3;1H. The van der Waals surface area contributed by atoms with Crippen molar-refractivity contribution in [3.05, 3.63) is 58.3 Å². The molecule has 0 aliphatic heterocycles. The van der Waals surface area contributed by atoms with Crippen LogP contribution in [-0.4, -0.2) is 35.7 Å². The Kier molecular flexibility index (Phi) is 9.93. The maximum Gasteiger partial charge on any atom is 0.191 e. The summed E-state index contributed by atoms with van der Waals surface area (Å²) in [6.45, 7) is 2.09. The van der Waals surface area contributed by atoms with Crippen LogP contribution in [0.1, 0.15) is 35.0 Å². The van der Waals surface area contributed by atoms with Gasteiger partial charge in [-0.05, 0) is 17.9 Å². The van der Waals surface area contributed by atoms with E-state index in [0.717, 1.165) is 17.7 Å². The second-order valence-electron chi connectivity index (χ2n) is 5.86. The quantitative estimate of drug-likeness (QED) is 0.616. The molecule has 1 aromatic heterocycles. The maximum absolute atomic E-state index is 12.7. The number of aliphatic hydroxyl groups excluding tert-OH is 1. The van der Waals surface area contributed by atoms with Gasteiger partial charge in [0, 0.05) is 22.9 Å². The molecule has 0 saturated carbocycles. The highest BCUT2D eigenvalue weighted by Gasteiger charge is 2.24. The lowest BCUT2D eigenvalue weighted by molar-refractivity contribution is -0.0109. The molecule has 6 heteroatoms. The fourth-order valence-electron chi connectivity index (χ4n) is 2.49. The zero-order valence-electron chi connectivity index (χ0n) is 14.3. The third-order valence-electron chi connectivity index (χ3n) is 3.90. The summed E-state index contributed by atoms with van der Waals surface area (Å²) in [4.78, 5) is 13.8. The number of carbonyl (C=O) groups excluding carboxylic acids is 1. The molecule has 0 aliphatic carbocycles. The smallest absolute Gasteiger partial charge is 0.191 e. The van der Waals surface area contributed by atoms with Gasteiger partial charge in [-0.15, -0.1) is 23.7 Å². The molecule has 3 atom stereocenters. The first-order valence-electron chi connectivity index (χ1n) is 8.28. The van der Waals surface area contributed by atoms with Gasteiger partial charge >= 0.3 is 0 Å². The van der Waals surface area contributed by atoms with Gasteiger partial charge in [0.1, 0.15) is 6.10 Å². The number of thiophene rings is 1. The monoisotopic (exact) mass is 383 g/mol. The number of rotatable bonds is 10. The highest BCUT2D eigenvalue weighted by atomic mass is 35.5. The number of carbonyl (C=O) groups is 1. The highest BCUT2D eigenvalue weighted by Crippen LogP contribution is 2.17. The summed E-state index contributed by atoms with van der Waals surface area (Å²) in [5, 5.41) is 12.1. The molecular formula is C19H26ClNO3S. The van der Waals surface area contributed by atoms with Crippen LogP contribution in [0.25, 0.3) is 0 Å². The zero-order valence-corrected chi connectivity index (χ0v) is 16.0. The molecular weight excluding hydrogens is 358 g/mol. The van der Waals surface area contributed by atoms with Crippen LogP contribution in [0.5, 0.6) is 0 Å². The van der Waals surface area contributed by atoms with E-state index in [1.807, 2.05) is 42.6 Å². The fraction of sp³-hybridized carbons (Fsp3) is 0.421. The van der Waals surface area contributed by atoms with Gasteiger partial charge in [-0.3, -0.25) is 4.79 Å². The van der Waals surface area contributed by atoms with Crippen molar-refractivity contribution in [2.75, 3.05) is 6.61 Å². The highest BCUT2D eigenvalue weighted by molar-refractivity contribution is 7.09. The third kappa shape index (κ3) is 6.88. The minimum atomic E-state index is -0.764. The maximum atomic E-state index is 12.7. The van der Waals surface area contributed by atoms with E-state index < -0.39 is 12.2 Å². The van der Waals surface area contributed by atoms with Crippen molar-refractivity contribution in [1.82, 2.24) is 0 Å². The van der Waals surface area contributed by atoms with Gasteiger partial charge in [-0.1, -0.05) is 49.7 Å². The second kappa shape index (κ2) is 11.4. The van der Waals surface area contributed by atoms with E-state index in [1.165, 1.54) is 0 Å². The molecule has 0 radical (unpaired) electrons. The molecule has 0 amide bonds. The van der Waals surface area contributed by atoms with Gasteiger partial charge < -0.3 is 15.6 Å². The van der Waals surface area contributed by atoms with Gasteiger partial charge in [0.2, 0.25) is 0 Å². The number of nitrogens with two attached hydrogens (primary N) is 1. The molecule has 0 bridgehead atoms. The lowest BCUT2D eigenvalue weighted by Crippen LogP contribution is -2.40. The fourth-order valence-corrected chi connectivity index (χ4v) is 3.23. The Morgan fingerprint density at radius 2 is 1.96 bits per heavy atom. The lowest BCUT2D eigenvalue weighted by Gasteiger charge is -2.22. The van der Waals surface area contributed by atoms with E-state index in [0.29, 0.717) is 12.0 Å². The predicted octanol–water partition coefficient (Wildman–Crippen LogP) is 3.47. The van der Waals surface area contributed by atoms with Gasteiger partial charge in [0.15, 0.2) is 5.78 Å². The van der Waals surface area contributed by atoms with Crippen molar-refractivity contribution >= 4 is 29.5 Å². The van der Waals surface area contributed by atoms with Gasteiger partial charge in [-0.25, -0.2) is 0 Å². The molecule has 0 spiro atoms. The molecule has 25 heavy (non-hydrogen) atoms. The summed E-state index contributed by atoms with van der Waals surface area (Å²) in [5.74, 6) is -0.0692. The average molecular weight is 384 g/mol. The number of ketones is 1. The van der Waals surface area contributed by atoms with E-state index in [-0.39, 0.29) is 30.8 Å². The van der Waals surface area contributed by atoms with E-state index in [4.69, 9.17) is 10.5 Å². The molecule has 2 aromatic rings. The topological polar surface area (TPSA) is 72.6 Å². The van der Waals surface area contributed by atoms with Crippen LogP contribution in [0.15, 0.2) is 47.8 Å². The molecule has 0 saturated heterocycles. The van der Waals surface area contributed by atoms with E-state index in [2.05, 4.69) is 0 Å². The number of Topliss-reactive ketones (excluding diaryl/α,β-unsaturated/α-hetero) is 1.